The van der Waals surface area contributed by atoms with Gasteiger partial charge >= 0.3 is 0 Å². The van der Waals surface area contributed by atoms with Crippen LogP contribution in [0.15, 0.2) is 23.1 Å². The number of benzene rings is 1. The number of hydrogen-bond donors (Lipinski definition) is 1. The summed E-state index contributed by atoms with van der Waals surface area (Å²) in [7, 11) is 0. The number of pyridine rings is 1. The van der Waals surface area contributed by atoms with Crippen LogP contribution in [0.5, 0.6) is 11.5 Å². The molecule has 1 aromatic heterocycles. The van der Waals surface area contributed by atoms with Crippen LogP contribution < -0.4 is 20.6 Å². The number of aryl methyl sites for hydroxylation is 1. The first-order chi connectivity index (χ1) is 13.0. The summed E-state index contributed by atoms with van der Waals surface area (Å²) in [6.45, 7) is 3.49. The van der Waals surface area contributed by atoms with Crippen molar-refractivity contribution >= 4 is 22.7 Å². The molecule has 27 heavy (non-hydrogen) atoms. The van der Waals surface area contributed by atoms with Gasteiger partial charge in [0.2, 0.25) is 18.1 Å². The molecule has 3 heterocycles. The van der Waals surface area contributed by atoms with Crippen LogP contribution in [0.4, 0.5) is 0 Å². The van der Waals surface area contributed by atoms with Crippen LogP contribution in [0.25, 0.3) is 10.9 Å². The van der Waals surface area contributed by atoms with Gasteiger partial charge in [-0.3, -0.25) is 14.4 Å². The summed E-state index contributed by atoms with van der Waals surface area (Å²) >= 11 is 0. The van der Waals surface area contributed by atoms with Gasteiger partial charge in [0.25, 0.3) is 5.91 Å². The first kappa shape index (κ1) is 17.4. The lowest BCUT2D eigenvalue weighted by Gasteiger charge is -2.30. The first-order valence-electron chi connectivity index (χ1n) is 9.05. The number of likely N-dealkylation sites (tertiary alicyclic amines) is 1. The number of aromatic nitrogens is 1. The molecular weight excluding hydrogens is 350 g/mol. The predicted molar refractivity (Wildman–Crippen MR) is 97.8 cm³/mol. The molecule has 8 nitrogen and oxygen atoms in total. The smallest absolute Gasteiger partial charge is 0.259 e. The number of amides is 2. The predicted octanol–water partition coefficient (Wildman–Crippen LogP) is 1.09. The maximum Gasteiger partial charge on any atom is 0.259 e. The normalized spacial score (nSPS) is 16.7. The van der Waals surface area contributed by atoms with Crippen molar-refractivity contribution in [3.63, 3.8) is 0 Å². The molecule has 4 rings (SSSR count). The molecule has 2 aliphatic heterocycles. The summed E-state index contributed by atoms with van der Waals surface area (Å²) in [6, 6.07) is 3.41. The van der Waals surface area contributed by atoms with E-state index in [0.29, 0.717) is 54.9 Å². The lowest BCUT2D eigenvalue weighted by atomic mass is 9.96. The van der Waals surface area contributed by atoms with Crippen molar-refractivity contribution in [1.82, 2.24) is 9.47 Å². The summed E-state index contributed by atoms with van der Waals surface area (Å²) in [5.74, 6) is 0.241. The van der Waals surface area contributed by atoms with E-state index in [-0.39, 0.29) is 35.5 Å². The topological polar surface area (TPSA) is 104 Å². The van der Waals surface area contributed by atoms with E-state index in [1.165, 1.54) is 0 Å². The Morgan fingerprint density at radius 2 is 1.85 bits per heavy atom. The molecule has 2 N–H and O–H groups in total. The van der Waals surface area contributed by atoms with Crippen molar-refractivity contribution in [1.29, 1.82) is 0 Å². The van der Waals surface area contributed by atoms with E-state index < -0.39 is 0 Å². The minimum atomic E-state index is -0.336. The fourth-order valence-corrected chi connectivity index (χ4v) is 3.73. The molecule has 1 aromatic carbocycles. The van der Waals surface area contributed by atoms with Gasteiger partial charge in [0.15, 0.2) is 11.5 Å². The molecule has 0 radical (unpaired) electrons. The second-order valence-electron chi connectivity index (χ2n) is 6.85. The Bertz CT molecular complexity index is 989. The Hall–Kier alpha value is -3.03. The van der Waals surface area contributed by atoms with Crippen LogP contribution in [-0.4, -0.2) is 41.2 Å². The molecule has 142 valence electrons. The summed E-state index contributed by atoms with van der Waals surface area (Å²) in [6.07, 6.45) is 2.65. The molecule has 0 atom stereocenters. The summed E-state index contributed by atoms with van der Waals surface area (Å²) in [5.41, 5.74) is 5.86. The van der Waals surface area contributed by atoms with Crippen LogP contribution in [0.1, 0.15) is 30.1 Å². The number of nitrogens with two attached hydrogens (primary N) is 1. The fourth-order valence-electron chi connectivity index (χ4n) is 3.73. The Morgan fingerprint density at radius 1 is 1.19 bits per heavy atom. The second kappa shape index (κ2) is 6.61. The van der Waals surface area contributed by atoms with E-state index in [4.69, 9.17) is 15.2 Å². The molecular formula is C19H21N3O5. The Morgan fingerprint density at radius 3 is 2.48 bits per heavy atom. The fraction of sp³-hybridized carbons (Fsp3) is 0.421. The van der Waals surface area contributed by atoms with Gasteiger partial charge in [-0.25, -0.2) is 0 Å². The van der Waals surface area contributed by atoms with Gasteiger partial charge < -0.3 is 24.7 Å². The third kappa shape index (κ3) is 2.90. The third-order valence-electron chi connectivity index (χ3n) is 5.33. The Kier molecular flexibility index (Phi) is 4.25. The molecule has 2 amide bonds. The number of primary amides is 1. The zero-order chi connectivity index (χ0) is 19.1. The van der Waals surface area contributed by atoms with E-state index in [1.807, 2.05) is 11.5 Å². The zero-order valence-corrected chi connectivity index (χ0v) is 15.1. The SMILES string of the molecule is CCn1cc(C(=O)N2CCC(C(N)=O)CC2)c(=O)c2cc3c(cc21)OCO3. The zero-order valence-electron chi connectivity index (χ0n) is 15.1. The van der Waals surface area contributed by atoms with Crippen LogP contribution in [-0.2, 0) is 11.3 Å². The van der Waals surface area contributed by atoms with Crippen LogP contribution in [0.3, 0.4) is 0 Å². The maximum atomic E-state index is 13.0. The second-order valence-corrected chi connectivity index (χ2v) is 6.85. The highest BCUT2D eigenvalue weighted by molar-refractivity contribution is 5.98. The van der Waals surface area contributed by atoms with E-state index in [9.17, 15) is 14.4 Å². The quantitative estimate of drug-likeness (QED) is 0.870. The minimum Gasteiger partial charge on any atom is -0.454 e. The molecule has 8 heteroatoms. The number of piperidine rings is 1. The van der Waals surface area contributed by atoms with Gasteiger partial charge in [-0.15, -0.1) is 0 Å². The number of hydrogen-bond acceptors (Lipinski definition) is 5. The summed E-state index contributed by atoms with van der Waals surface area (Å²) in [4.78, 5) is 38.9. The van der Waals surface area contributed by atoms with E-state index >= 15 is 0 Å². The molecule has 0 saturated carbocycles. The monoisotopic (exact) mass is 371 g/mol. The Labute approximate surface area is 155 Å². The first-order valence-corrected chi connectivity index (χ1v) is 9.05. The van der Waals surface area contributed by atoms with Crippen molar-refractivity contribution < 1.29 is 19.1 Å². The number of ether oxygens (including phenoxy) is 2. The highest BCUT2D eigenvalue weighted by atomic mass is 16.7. The molecule has 2 aromatic rings. The van der Waals surface area contributed by atoms with Gasteiger partial charge in [0.05, 0.1) is 10.9 Å². The number of nitrogens with zero attached hydrogens (tertiary/aromatic N) is 2. The lowest BCUT2D eigenvalue weighted by Crippen LogP contribution is -2.43. The molecule has 0 aliphatic carbocycles. The largest absolute Gasteiger partial charge is 0.454 e. The lowest BCUT2D eigenvalue weighted by molar-refractivity contribution is -0.123. The summed E-state index contributed by atoms with van der Waals surface area (Å²) in [5, 5.41) is 0.430. The van der Waals surface area contributed by atoms with Crippen LogP contribution in [0.2, 0.25) is 0 Å². The van der Waals surface area contributed by atoms with E-state index in [1.54, 1.807) is 23.2 Å². The number of carbonyl (C=O) groups excluding carboxylic acids is 2. The standard InChI is InChI=1S/C19H21N3O5/c1-2-21-9-13(19(25)22-5-3-11(4-6-22)18(20)24)17(23)12-7-15-16(8-14(12)21)27-10-26-15/h7-9,11H,2-6,10H2,1H3,(H2,20,24). The highest BCUT2D eigenvalue weighted by Crippen LogP contribution is 2.35. The molecule has 1 fully saturated rings. The van der Waals surface area contributed by atoms with Gasteiger partial charge in [-0.05, 0) is 25.8 Å². The van der Waals surface area contributed by atoms with Gasteiger partial charge in [-0.2, -0.15) is 0 Å². The molecule has 1 saturated heterocycles. The maximum absolute atomic E-state index is 13.0. The van der Waals surface area contributed by atoms with Crippen LogP contribution >= 0.6 is 0 Å². The molecule has 0 bridgehead atoms. The van der Waals surface area contributed by atoms with Crippen LogP contribution in [0, 0.1) is 5.92 Å². The van der Waals surface area contributed by atoms with Crippen molar-refractivity contribution in [3.8, 4) is 11.5 Å². The van der Waals surface area contributed by atoms with Crippen molar-refractivity contribution in [2.45, 2.75) is 26.3 Å². The third-order valence-corrected chi connectivity index (χ3v) is 5.33. The van der Waals surface area contributed by atoms with Crippen molar-refractivity contribution in [3.05, 3.63) is 34.1 Å². The van der Waals surface area contributed by atoms with Gasteiger partial charge in [-0.1, -0.05) is 0 Å². The number of carbonyl (C=O) groups is 2. The summed E-state index contributed by atoms with van der Waals surface area (Å²) < 4.78 is 12.6. The van der Waals surface area contributed by atoms with E-state index in [2.05, 4.69) is 0 Å². The molecule has 0 unspecified atom stereocenters. The average Bonchev–Trinajstić information content (AvgIpc) is 3.14. The average molecular weight is 371 g/mol. The molecule has 0 spiro atoms. The van der Waals surface area contributed by atoms with Gasteiger partial charge in [0.1, 0.15) is 5.56 Å². The van der Waals surface area contributed by atoms with E-state index in [0.717, 1.165) is 0 Å². The van der Waals surface area contributed by atoms with Crippen molar-refractivity contribution in [2.75, 3.05) is 19.9 Å². The molecule has 2 aliphatic rings. The highest BCUT2D eigenvalue weighted by Gasteiger charge is 2.28. The number of rotatable bonds is 3. The van der Waals surface area contributed by atoms with Crippen molar-refractivity contribution in [2.24, 2.45) is 11.7 Å². The number of fused-ring (bicyclic) bond motifs is 2. The van der Waals surface area contributed by atoms with Gasteiger partial charge in [0, 0.05) is 37.8 Å². The Balaban J connectivity index is 1.73. The minimum absolute atomic E-state index is 0.118.